The van der Waals surface area contributed by atoms with Crippen molar-refractivity contribution in [2.45, 2.75) is 5.92 Å². The molecule has 0 amide bonds. The molecule has 12 nitrogen and oxygen atoms in total. The maximum absolute atomic E-state index is 13.2. The Morgan fingerprint density at radius 3 is 2.16 bits per heavy atom. The van der Waals surface area contributed by atoms with Gasteiger partial charge in [-0.2, -0.15) is 5.26 Å². The second kappa shape index (κ2) is 10.9. The van der Waals surface area contributed by atoms with Gasteiger partial charge in [0.15, 0.2) is 0 Å². The van der Waals surface area contributed by atoms with E-state index < -0.39 is 45.7 Å². The summed E-state index contributed by atoms with van der Waals surface area (Å²) in [6.45, 7) is 0. The molecule has 1 atom stereocenters. The average Bonchev–Trinajstić information content (AvgIpc) is 2.91. The molecule has 1 aliphatic heterocycles. The number of nitriles is 1. The second-order valence-electron chi connectivity index (χ2n) is 7.40. The molecule has 2 aromatic rings. The lowest BCUT2D eigenvalue weighted by atomic mass is 9.81. The first-order valence-electron chi connectivity index (χ1n) is 10.3. The smallest absolute Gasteiger partial charge is 0.355 e. The van der Waals surface area contributed by atoms with Crippen molar-refractivity contribution in [2.24, 2.45) is 5.73 Å². The van der Waals surface area contributed by atoms with E-state index in [1.165, 1.54) is 0 Å². The fourth-order valence-corrected chi connectivity index (χ4v) is 4.42. The van der Waals surface area contributed by atoms with Gasteiger partial charge in [0, 0.05) is 10.5 Å². The van der Waals surface area contributed by atoms with Crippen molar-refractivity contribution < 1.29 is 33.5 Å². The van der Waals surface area contributed by atoms with E-state index in [2.05, 4.69) is 20.7 Å². The summed E-state index contributed by atoms with van der Waals surface area (Å²) in [6, 6.07) is 12.4. The third-order valence-corrected chi connectivity index (χ3v) is 6.15. The number of nitro groups is 1. The van der Waals surface area contributed by atoms with E-state index in [0.717, 1.165) is 38.4 Å². The number of nitrogens with zero attached hydrogens (tertiary/aromatic N) is 3. The van der Waals surface area contributed by atoms with E-state index in [-0.39, 0.29) is 27.1 Å². The third-order valence-electron chi connectivity index (χ3n) is 5.52. The Balaban J connectivity index is 2.49. The molecule has 1 heterocycles. The van der Waals surface area contributed by atoms with Gasteiger partial charge in [0.1, 0.15) is 17.1 Å². The summed E-state index contributed by atoms with van der Waals surface area (Å²) in [5.41, 5.74) is 4.94. The summed E-state index contributed by atoms with van der Waals surface area (Å²) in [6.07, 6.45) is 0. The Kier molecular flexibility index (Phi) is 7.94. The standard InChI is InChI=1S/C24H19BrN4O8/c1-35-22(30)13-9-17(15(25)10-16(13)29(33)34)28-20(24(32)37-3)19(23(31)36-2)18(14(11-26)21(28)27)12-7-5-4-6-8-12/h4-10,18H,27H2,1-3H3. The van der Waals surface area contributed by atoms with Crippen LogP contribution in [-0.4, -0.2) is 44.2 Å². The minimum atomic E-state index is -1.11. The van der Waals surface area contributed by atoms with Gasteiger partial charge in [-0.15, -0.1) is 0 Å². The number of benzene rings is 2. The van der Waals surface area contributed by atoms with Crippen LogP contribution in [0.3, 0.4) is 0 Å². The molecular weight excluding hydrogens is 552 g/mol. The highest BCUT2D eigenvalue weighted by molar-refractivity contribution is 9.10. The first-order valence-corrected chi connectivity index (χ1v) is 11.1. The van der Waals surface area contributed by atoms with Crippen LogP contribution in [0.5, 0.6) is 0 Å². The Bertz CT molecular complexity index is 1410. The summed E-state index contributed by atoms with van der Waals surface area (Å²) in [5.74, 6) is -4.41. The second-order valence-corrected chi connectivity index (χ2v) is 8.26. The quantitative estimate of drug-likeness (QED) is 0.233. The molecule has 0 spiro atoms. The van der Waals surface area contributed by atoms with Crippen molar-refractivity contribution in [1.29, 1.82) is 5.26 Å². The molecule has 0 saturated carbocycles. The molecule has 0 saturated heterocycles. The molecular formula is C24H19BrN4O8. The van der Waals surface area contributed by atoms with Crippen LogP contribution in [0.15, 0.2) is 69.6 Å². The number of rotatable bonds is 6. The van der Waals surface area contributed by atoms with E-state index in [1.807, 2.05) is 6.07 Å². The number of esters is 3. The molecule has 190 valence electrons. The summed E-state index contributed by atoms with van der Waals surface area (Å²) in [7, 11) is 3.21. The van der Waals surface area contributed by atoms with Gasteiger partial charge in [-0.1, -0.05) is 30.3 Å². The molecule has 37 heavy (non-hydrogen) atoms. The van der Waals surface area contributed by atoms with Crippen LogP contribution in [0.25, 0.3) is 0 Å². The van der Waals surface area contributed by atoms with Crippen molar-refractivity contribution in [3.63, 3.8) is 0 Å². The predicted molar refractivity (Wildman–Crippen MR) is 132 cm³/mol. The molecule has 1 aliphatic rings. The maximum atomic E-state index is 13.2. The van der Waals surface area contributed by atoms with E-state index in [4.69, 9.17) is 15.2 Å². The highest BCUT2D eigenvalue weighted by Crippen LogP contribution is 2.45. The van der Waals surface area contributed by atoms with Crippen molar-refractivity contribution >= 4 is 45.2 Å². The Hall–Kier alpha value is -4.70. The Morgan fingerprint density at radius 2 is 1.65 bits per heavy atom. The highest BCUT2D eigenvalue weighted by atomic mass is 79.9. The van der Waals surface area contributed by atoms with E-state index in [1.54, 1.807) is 30.3 Å². The molecule has 2 aromatic carbocycles. The van der Waals surface area contributed by atoms with E-state index in [9.17, 15) is 29.8 Å². The van der Waals surface area contributed by atoms with Crippen molar-refractivity contribution in [1.82, 2.24) is 0 Å². The SMILES string of the molecule is COC(=O)C1=C(C(=O)OC)N(c2cc(C(=O)OC)c([N+](=O)[O-])cc2Br)C(N)=C(C#N)C1c1ccccc1. The van der Waals surface area contributed by atoms with Gasteiger partial charge >= 0.3 is 17.9 Å². The lowest BCUT2D eigenvalue weighted by Crippen LogP contribution is -2.41. The predicted octanol–water partition coefficient (Wildman–Crippen LogP) is 3.04. The number of nitro benzene ring substituents is 1. The number of hydrogen-bond donors (Lipinski definition) is 1. The van der Waals surface area contributed by atoms with Gasteiger partial charge in [-0.25, -0.2) is 14.4 Å². The van der Waals surface area contributed by atoms with Gasteiger partial charge in [0.05, 0.1) is 55.1 Å². The van der Waals surface area contributed by atoms with Crippen molar-refractivity contribution in [3.05, 3.63) is 90.8 Å². The number of carbonyl (C=O) groups is 3. The number of halogens is 1. The number of hydrogen-bond acceptors (Lipinski definition) is 11. The van der Waals surface area contributed by atoms with Gasteiger partial charge in [-0.05, 0) is 27.6 Å². The number of ether oxygens (including phenoxy) is 3. The number of methoxy groups -OCH3 is 3. The van der Waals surface area contributed by atoms with Crippen molar-refractivity contribution in [3.8, 4) is 6.07 Å². The maximum Gasteiger partial charge on any atom is 0.355 e. The fraction of sp³-hybridized carbons (Fsp3) is 0.167. The monoisotopic (exact) mass is 570 g/mol. The molecule has 0 radical (unpaired) electrons. The molecule has 0 aromatic heterocycles. The first kappa shape index (κ1) is 26.9. The Morgan fingerprint density at radius 1 is 1.05 bits per heavy atom. The number of anilines is 1. The topological polar surface area (TPSA) is 175 Å². The van der Waals surface area contributed by atoms with Crippen LogP contribution in [0.4, 0.5) is 11.4 Å². The van der Waals surface area contributed by atoms with Gasteiger partial charge < -0.3 is 19.9 Å². The zero-order valence-electron chi connectivity index (χ0n) is 19.7. The van der Waals surface area contributed by atoms with Gasteiger partial charge in [0.25, 0.3) is 5.69 Å². The molecule has 0 aliphatic carbocycles. The van der Waals surface area contributed by atoms with Crippen LogP contribution in [-0.2, 0) is 23.8 Å². The molecule has 2 N–H and O–H groups in total. The lowest BCUT2D eigenvalue weighted by molar-refractivity contribution is -0.385. The fourth-order valence-electron chi connectivity index (χ4n) is 3.91. The first-order chi connectivity index (χ1) is 17.6. The summed E-state index contributed by atoms with van der Waals surface area (Å²) >= 11 is 3.21. The number of allylic oxidation sites excluding steroid dienone is 1. The number of carbonyl (C=O) groups excluding carboxylic acids is 3. The van der Waals surface area contributed by atoms with Gasteiger partial charge in [0.2, 0.25) is 0 Å². The van der Waals surface area contributed by atoms with Crippen LogP contribution in [0, 0.1) is 21.4 Å². The summed E-state index contributed by atoms with van der Waals surface area (Å²) < 4.78 is 14.6. The zero-order chi connectivity index (χ0) is 27.4. The largest absolute Gasteiger partial charge is 0.466 e. The molecule has 13 heteroatoms. The van der Waals surface area contributed by atoms with Crippen LogP contribution < -0.4 is 10.6 Å². The van der Waals surface area contributed by atoms with Crippen LogP contribution >= 0.6 is 15.9 Å². The Labute approximate surface area is 218 Å². The van der Waals surface area contributed by atoms with Gasteiger partial charge in [-0.3, -0.25) is 15.0 Å². The molecule has 0 fully saturated rings. The summed E-state index contributed by atoms with van der Waals surface area (Å²) in [5, 5.41) is 21.7. The molecule has 3 rings (SSSR count). The van der Waals surface area contributed by atoms with Crippen LogP contribution in [0.2, 0.25) is 0 Å². The normalized spacial score (nSPS) is 15.1. The average molecular weight is 571 g/mol. The lowest BCUT2D eigenvalue weighted by Gasteiger charge is -2.36. The van der Waals surface area contributed by atoms with Crippen molar-refractivity contribution in [2.75, 3.05) is 26.2 Å². The third kappa shape index (κ3) is 4.74. The minimum Gasteiger partial charge on any atom is -0.466 e. The molecule has 0 bridgehead atoms. The zero-order valence-corrected chi connectivity index (χ0v) is 21.3. The summed E-state index contributed by atoms with van der Waals surface area (Å²) in [4.78, 5) is 50.5. The van der Waals surface area contributed by atoms with E-state index >= 15 is 0 Å². The number of nitrogens with two attached hydrogens (primary N) is 1. The minimum absolute atomic E-state index is 0.0101. The van der Waals surface area contributed by atoms with Crippen LogP contribution in [0.1, 0.15) is 21.8 Å². The highest BCUT2D eigenvalue weighted by Gasteiger charge is 2.44. The molecule has 1 unspecified atom stereocenters. The van der Waals surface area contributed by atoms with E-state index in [0.29, 0.717) is 5.56 Å².